The van der Waals surface area contributed by atoms with E-state index in [4.69, 9.17) is 19.3 Å². The number of rotatable bonds is 7. The van der Waals surface area contributed by atoms with Gasteiger partial charge in [-0.25, -0.2) is 9.80 Å². The van der Waals surface area contributed by atoms with E-state index in [1.165, 1.54) is 12.1 Å². The van der Waals surface area contributed by atoms with E-state index >= 15 is 0 Å². The molecule has 0 spiro atoms. The quantitative estimate of drug-likeness (QED) is 0.305. The Labute approximate surface area is 219 Å². The van der Waals surface area contributed by atoms with Gasteiger partial charge in [0, 0.05) is 37.5 Å². The summed E-state index contributed by atoms with van der Waals surface area (Å²) in [5, 5.41) is 17.6. The Balaban J connectivity index is 1.65. The molecular weight excluding hydrogens is 494 g/mol. The Morgan fingerprint density at radius 1 is 1.11 bits per heavy atom. The van der Waals surface area contributed by atoms with E-state index in [0.717, 1.165) is 0 Å². The standard InChI is InChI=1S/C26H29N5O7/c1-3-38-24(32)23-22-12-13-29(18-4-6-20(7-5-18)31(34)35)25(33)26(22,28-14-16-37-17-15-28)30(27-23)19-8-10-21(36-2)11-9-19/h4-11,22H,3,12-17H2,1-2H3. The van der Waals surface area contributed by atoms with Gasteiger partial charge in [-0.1, -0.05) is 0 Å². The maximum Gasteiger partial charge on any atom is 0.354 e. The van der Waals surface area contributed by atoms with Crippen molar-refractivity contribution in [2.24, 2.45) is 11.0 Å². The van der Waals surface area contributed by atoms with Crippen LogP contribution < -0.4 is 14.6 Å². The number of nitro benzene ring substituents is 1. The van der Waals surface area contributed by atoms with Crippen molar-refractivity contribution in [2.45, 2.75) is 19.0 Å². The van der Waals surface area contributed by atoms with Crippen LogP contribution in [0.25, 0.3) is 0 Å². The topological polar surface area (TPSA) is 127 Å². The van der Waals surface area contributed by atoms with Crippen LogP contribution in [0.5, 0.6) is 5.75 Å². The highest BCUT2D eigenvalue weighted by Crippen LogP contribution is 2.47. The van der Waals surface area contributed by atoms with Crippen LogP contribution >= 0.6 is 0 Å². The van der Waals surface area contributed by atoms with Crippen LogP contribution in [-0.4, -0.2) is 79.6 Å². The normalized spacial score (nSPS) is 23.6. The van der Waals surface area contributed by atoms with Crippen LogP contribution in [0.3, 0.4) is 0 Å². The smallest absolute Gasteiger partial charge is 0.354 e. The number of amides is 1. The van der Waals surface area contributed by atoms with Gasteiger partial charge in [-0.15, -0.1) is 0 Å². The van der Waals surface area contributed by atoms with Gasteiger partial charge < -0.3 is 19.1 Å². The number of hydrogen-bond donors (Lipinski definition) is 0. The Hall–Kier alpha value is -4.03. The third kappa shape index (κ3) is 4.15. The van der Waals surface area contributed by atoms with Crippen molar-refractivity contribution < 1.29 is 28.7 Å². The number of methoxy groups -OCH3 is 1. The molecule has 200 valence electrons. The summed E-state index contributed by atoms with van der Waals surface area (Å²) in [6.07, 6.45) is 0.435. The number of ether oxygens (including phenoxy) is 3. The summed E-state index contributed by atoms with van der Waals surface area (Å²) < 4.78 is 16.3. The fourth-order valence-electron chi connectivity index (χ4n) is 5.49. The second-order valence-corrected chi connectivity index (χ2v) is 9.11. The number of benzene rings is 2. The lowest BCUT2D eigenvalue weighted by Gasteiger charge is -2.53. The first-order valence-corrected chi connectivity index (χ1v) is 12.5. The zero-order valence-electron chi connectivity index (χ0n) is 21.2. The van der Waals surface area contributed by atoms with Gasteiger partial charge in [0.2, 0.25) is 5.66 Å². The highest BCUT2D eigenvalue weighted by atomic mass is 16.6. The minimum absolute atomic E-state index is 0.0624. The molecule has 2 aromatic rings. The summed E-state index contributed by atoms with van der Waals surface area (Å²) in [7, 11) is 1.57. The first kappa shape index (κ1) is 25.6. The Morgan fingerprint density at radius 2 is 1.76 bits per heavy atom. The fourth-order valence-corrected chi connectivity index (χ4v) is 5.49. The number of hydrazone groups is 1. The molecule has 12 heteroatoms. The van der Waals surface area contributed by atoms with E-state index in [1.54, 1.807) is 60.3 Å². The van der Waals surface area contributed by atoms with E-state index in [9.17, 15) is 19.7 Å². The molecule has 2 aromatic carbocycles. The predicted molar refractivity (Wildman–Crippen MR) is 138 cm³/mol. The van der Waals surface area contributed by atoms with Crippen molar-refractivity contribution in [2.75, 3.05) is 56.5 Å². The summed E-state index contributed by atoms with van der Waals surface area (Å²) in [4.78, 5) is 42.2. The molecule has 0 aromatic heterocycles. The van der Waals surface area contributed by atoms with Crippen LogP contribution in [0.1, 0.15) is 13.3 Å². The number of non-ortho nitro benzene ring substituents is 1. The van der Waals surface area contributed by atoms with Crippen molar-refractivity contribution in [1.29, 1.82) is 0 Å². The van der Waals surface area contributed by atoms with Crippen LogP contribution in [0.2, 0.25) is 0 Å². The monoisotopic (exact) mass is 523 g/mol. The molecular formula is C26H29N5O7. The van der Waals surface area contributed by atoms with Crippen molar-refractivity contribution in [3.63, 3.8) is 0 Å². The second-order valence-electron chi connectivity index (χ2n) is 9.11. The number of carbonyl (C=O) groups excluding carboxylic acids is 2. The molecule has 0 N–H and O–H groups in total. The highest BCUT2D eigenvalue weighted by molar-refractivity contribution is 6.40. The summed E-state index contributed by atoms with van der Waals surface area (Å²) >= 11 is 0. The Kier molecular flexibility index (Phi) is 7.00. The molecule has 2 atom stereocenters. The Morgan fingerprint density at radius 3 is 2.37 bits per heavy atom. The lowest BCUT2D eigenvalue weighted by atomic mass is 9.79. The fraction of sp³-hybridized carbons (Fsp3) is 0.423. The molecule has 2 saturated heterocycles. The van der Waals surface area contributed by atoms with Gasteiger partial charge in [-0.3, -0.25) is 19.8 Å². The largest absolute Gasteiger partial charge is 0.497 e. The third-order valence-corrected chi connectivity index (χ3v) is 7.21. The molecule has 0 radical (unpaired) electrons. The molecule has 0 bridgehead atoms. The minimum atomic E-state index is -1.36. The van der Waals surface area contributed by atoms with Crippen LogP contribution in [0.4, 0.5) is 17.1 Å². The van der Waals surface area contributed by atoms with Gasteiger partial charge in [-0.2, -0.15) is 5.10 Å². The molecule has 12 nitrogen and oxygen atoms in total. The molecule has 0 aliphatic carbocycles. The molecule has 1 amide bonds. The number of nitrogens with zero attached hydrogens (tertiary/aromatic N) is 5. The van der Waals surface area contributed by atoms with Crippen molar-refractivity contribution in [3.05, 3.63) is 58.6 Å². The maximum absolute atomic E-state index is 14.7. The lowest BCUT2D eigenvalue weighted by Crippen LogP contribution is -2.74. The summed E-state index contributed by atoms with van der Waals surface area (Å²) in [6, 6.07) is 13.1. The number of hydrogen-bond acceptors (Lipinski definition) is 10. The molecule has 3 aliphatic heterocycles. The number of morpholine rings is 1. The average molecular weight is 524 g/mol. The van der Waals surface area contributed by atoms with E-state index in [0.29, 0.717) is 56.4 Å². The van der Waals surface area contributed by atoms with Crippen molar-refractivity contribution >= 4 is 34.7 Å². The number of fused-ring (bicyclic) bond motifs is 1. The van der Waals surface area contributed by atoms with Gasteiger partial charge in [0.25, 0.3) is 11.6 Å². The number of esters is 1. The van der Waals surface area contributed by atoms with Gasteiger partial charge in [0.1, 0.15) is 5.75 Å². The maximum atomic E-state index is 14.7. The molecule has 3 heterocycles. The first-order valence-electron chi connectivity index (χ1n) is 12.5. The molecule has 0 saturated carbocycles. The zero-order chi connectivity index (χ0) is 26.9. The number of nitro groups is 1. The molecule has 2 unspecified atom stereocenters. The average Bonchev–Trinajstić information content (AvgIpc) is 3.31. The lowest BCUT2D eigenvalue weighted by molar-refractivity contribution is -0.384. The number of anilines is 2. The van der Waals surface area contributed by atoms with Crippen molar-refractivity contribution in [3.8, 4) is 5.75 Å². The minimum Gasteiger partial charge on any atom is -0.497 e. The van der Waals surface area contributed by atoms with Crippen molar-refractivity contribution in [1.82, 2.24) is 4.90 Å². The van der Waals surface area contributed by atoms with E-state index in [2.05, 4.69) is 0 Å². The van der Waals surface area contributed by atoms with E-state index in [-0.39, 0.29) is 23.9 Å². The molecule has 2 fully saturated rings. The Bertz CT molecular complexity index is 1240. The summed E-state index contributed by atoms with van der Waals surface area (Å²) in [5.41, 5.74) is -0.0783. The highest BCUT2D eigenvalue weighted by Gasteiger charge is 2.65. The van der Waals surface area contributed by atoms with Crippen LogP contribution in [-0.2, 0) is 19.1 Å². The van der Waals surface area contributed by atoms with Crippen LogP contribution in [0.15, 0.2) is 53.6 Å². The first-order chi connectivity index (χ1) is 18.4. The van der Waals surface area contributed by atoms with Gasteiger partial charge in [0.15, 0.2) is 5.71 Å². The van der Waals surface area contributed by atoms with E-state index in [1.807, 2.05) is 4.90 Å². The molecule has 38 heavy (non-hydrogen) atoms. The summed E-state index contributed by atoms with van der Waals surface area (Å²) in [5.74, 6) is -0.753. The summed E-state index contributed by atoms with van der Waals surface area (Å²) in [6.45, 7) is 3.97. The SMILES string of the molecule is CCOC(=O)C1=NN(c2ccc(OC)cc2)C2(N3CCOCC3)C(=O)N(c3ccc([N+](=O)[O-])cc3)CCC12. The second kappa shape index (κ2) is 10.4. The molecule has 5 rings (SSSR count). The van der Waals surface area contributed by atoms with Gasteiger partial charge in [0.05, 0.1) is 43.5 Å². The van der Waals surface area contributed by atoms with E-state index < -0.39 is 22.5 Å². The van der Waals surface area contributed by atoms with Gasteiger partial charge >= 0.3 is 5.97 Å². The number of carbonyl (C=O) groups is 2. The van der Waals surface area contributed by atoms with Gasteiger partial charge in [-0.05, 0) is 49.7 Å². The molecule has 3 aliphatic rings. The van der Waals surface area contributed by atoms with Crippen LogP contribution in [0, 0.1) is 16.0 Å². The zero-order valence-corrected chi connectivity index (χ0v) is 21.2. The number of piperidine rings is 1. The predicted octanol–water partition coefficient (Wildman–Crippen LogP) is 2.42. The third-order valence-electron chi connectivity index (χ3n) is 7.21.